The van der Waals surface area contributed by atoms with Gasteiger partial charge in [0.2, 0.25) is 0 Å². The number of nitrogens with zero attached hydrogens (tertiary/aromatic N) is 2. The van der Waals surface area contributed by atoms with Crippen LogP contribution >= 0.6 is 22.9 Å². The molecule has 1 fully saturated rings. The number of hydrogen-bond acceptors (Lipinski definition) is 5. The van der Waals surface area contributed by atoms with E-state index in [0.29, 0.717) is 25.9 Å². The van der Waals surface area contributed by atoms with Gasteiger partial charge >= 0.3 is 0 Å². The van der Waals surface area contributed by atoms with Crippen molar-refractivity contribution >= 4 is 37.9 Å². The molecule has 1 saturated heterocycles. The average Bonchev–Trinajstić information content (AvgIpc) is 3.24. The molecule has 0 bridgehead atoms. The Bertz CT molecular complexity index is 1050. The van der Waals surface area contributed by atoms with E-state index >= 15 is 0 Å². The van der Waals surface area contributed by atoms with Crippen molar-refractivity contribution in [2.75, 3.05) is 18.0 Å². The van der Waals surface area contributed by atoms with Crippen LogP contribution in [0, 0.1) is 0 Å². The highest BCUT2D eigenvalue weighted by atomic mass is 35.5. The molecular formula is C23H27ClN2O2S2. The molecule has 0 radical (unpaired) electrons. The first-order valence-electron chi connectivity index (χ1n) is 10.4. The van der Waals surface area contributed by atoms with Gasteiger partial charge in [-0.25, -0.2) is 13.4 Å². The van der Waals surface area contributed by atoms with E-state index in [9.17, 15) is 8.42 Å². The van der Waals surface area contributed by atoms with E-state index in [0.717, 1.165) is 22.8 Å². The summed E-state index contributed by atoms with van der Waals surface area (Å²) < 4.78 is 26.5. The third kappa shape index (κ3) is 4.23. The van der Waals surface area contributed by atoms with Gasteiger partial charge in [-0.3, -0.25) is 0 Å². The number of aromatic nitrogens is 1. The largest absolute Gasteiger partial charge is 0.348 e. The van der Waals surface area contributed by atoms with Crippen molar-refractivity contribution in [2.24, 2.45) is 0 Å². The molecule has 0 amide bonds. The normalized spacial score (nSPS) is 25.0. The standard InChI is InChI=1S/C23H27ClN2O2S2/c1-3-17-7-9-18(10-8-17)20-16-29-22(25-20)26-14-11-19(12-15-26)30(27,28)21-6-4-5-13-23(21,2)24/h4-10,13,16,19,21H,3,11-12,14-15H2,1-2H3. The number of alkyl halides is 1. The Morgan fingerprint density at radius 3 is 2.53 bits per heavy atom. The number of piperidine rings is 1. The second-order valence-corrected chi connectivity index (χ2v) is 12.2. The van der Waals surface area contributed by atoms with Crippen LogP contribution in [0.3, 0.4) is 0 Å². The summed E-state index contributed by atoms with van der Waals surface area (Å²) in [7, 11) is -3.36. The van der Waals surface area contributed by atoms with Gasteiger partial charge in [0, 0.05) is 24.0 Å². The van der Waals surface area contributed by atoms with E-state index < -0.39 is 20.0 Å². The van der Waals surface area contributed by atoms with Crippen molar-refractivity contribution in [1.82, 2.24) is 4.98 Å². The minimum absolute atomic E-state index is 0.367. The highest BCUT2D eigenvalue weighted by Crippen LogP contribution is 2.36. The van der Waals surface area contributed by atoms with E-state index in [4.69, 9.17) is 16.6 Å². The molecule has 7 heteroatoms. The van der Waals surface area contributed by atoms with Crippen LogP contribution in [0.5, 0.6) is 0 Å². The average molecular weight is 463 g/mol. The van der Waals surface area contributed by atoms with Gasteiger partial charge in [-0.2, -0.15) is 0 Å². The summed E-state index contributed by atoms with van der Waals surface area (Å²) in [4.78, 5) is 6.13. The Morgan fingerprint density at radius 2 is 1.90 bits per heavy atom. The van der Waals surface area contributed by atoms with Gasteiger partial charge in [0.05, 0.1) is 15.8 Å². The van der Waals surface area contributed by atoms with Crippen LogP contribution in [0.25, 0.3) is 11.3 Å². The lowest BCUT2D eigenvalue weighted by Crippen LogP contribution is -2.47. The predicted octanol–water partition coefficient (Wildman–Crippen LogP) is 5.25. The fourth-order valence-corrected chi connectivity index (χ4v) is 7.88. The van der Waals surface area contributed by atoms with E-state index in [-0.39, 0.29) is 5.25 Å². The number of sulfone groups is 1. The molecule has 4 nitrogen and oxygen atoms in total. The topological polar surface area (TPSA) is 50.3 Å². The third-order valence-corrected chi connectivity index (χ3v) is 10.2. The number of hydrogen-bond donors (Lipinski definition) is 0. The highest BCUT2D eigenvalue weighted by Gasteiger charge is 2.44. The van der Waals surface area contributed by atoms with Crippen LogP contribution < -0.4 is 4.90 Å². The van der Waals surface area contributed by atoms with Gasteiger partial charge < -0.3 is 4.90 Å². The lowest BCUT2D eigenvalue weighted by molar-refractivity contribution is 0.518. The maximum Gasteiger partial charge on any atom is 0.185 e. The third-order valence-electron chi connectivity index (χ3n) is 6.06. The molecule has 30 heavy (non-hydrogen) atoms. The van der Waals surface area contributed by atoms with Crippen LogP contribution in [0.4, 0.5) is 5.13 Å². The van der Waals surface area contributed by atoms with Crippen molar-refractivity contribution < 1.29 is 8.42 Å². The predicted molar refractivity (Wildman–Crippen MR) is 127 cm³/mol. The van der Waals surface area contributed by atoms with E-state index in [1.807, 2.05) is 6.08 Å². The summed E-state index contributed by atoms with van der Waals surface area (Å²) in [6, 6.07) is 8.52. The molecule has 160 valence electrons. The first kappa shape index (κ1) is 21.6. The van der Waals surface area contributed by atoms with Crippen molar-refractivity contribution in [3.05, 3.63) is 59.5 Å². The van der Waals surface area contributed by atoms with Crippen LogP contribution in [0.2, 0.25) is 0 Å². The fraction of sp³-hybridized carbons (Fsp3) is 0.435. The Labute approximate surface area is 188 Å². The van der Waals surface area contributed by atoms with Crippen LogP contribution in [-0.4, -0.2) is 41.9 Å². The van der Waals surface area contributed by atoms with Crippen LogP contribution in [0.15, 0.2) is 53.9 Å². The molecule has 2 aromatic rings. The summed E-state index contributed by atoms with van der Waals surface area (Å²) in [5.41, 5.74) is 3.41. The Balaban J connectivity index is 1.43. The summed E-state index contributed by atoms with van der Waals surface area (Å²) in [6.45, 7) is 5.30. The maximum absolute atomic E-state index is 13.2. The van der Waals surface area contributed by atoms with Gasteiger partial charge in [-0.05, 0) is 31.7 Å². The van der Waals surface area contributed by atoms with Crippen molar-refractivity contribution in [2.45, 2.75) is 48.5 Å². The zero-order chi connectivity index (χ0) is 21.4. The molecule has 0 N–H and O–H groups in total. The zero-order valence-corrected chi connectivity index (χ0v) is 19.7. The Kier molecular flexibility index (Phi) is 6.11. The first-order valence-corrected chi connectivity index (χ1v) is 13.3. The molecule has 2 aliphatic rings. The Morgan fingerprint density at radius 1 is 1.20 bits per heavy atom. The maximum atomic E-state index is 13.2. The molecule has 2 unspecified atom stereocenters. The number of anilines is 1. The number of halogens is 1. The minimum Gasteiger partial charge on any atom is -0.348 e. The molecule has 1 aliphatic heterocycles. The molecule has 1 aromatic carbocycles. The number of rotatable bonds is 5. The molecule has 1 aliphatic carbocycles. The van der Waals surface area contributed by atoms with E-state index in [1.165, 1.54) is 5.56 Å². The molecule has 1 aromatic heterocycles. The van der Waals surface area contributed by atoms with Gasteiger partial charge in [0.1, 0.15) is 5.25 Å². The number of thiazole rings is 1. The summed E-state index contributed by atoms with van der Waals surface area (Å²) >= 11 is 8.13. The highest BCUT2D eigenvalue weighted by molar-refractivity contribution is 7.93. The summed E-state index contributed by atoms with van der Waals surface area (Å²) in [5, 5.41) is 2.00. The quantitative estimate of drug-likeness (QED) is 0.569. The lowest BCUT2D eigenvalue weighted by Gasteiger charge is -2.36. The van der Waals surface area contributed by atoms with Crippen molar-refractivity contribution in [1.29, 1.82) is 0 Å². The smallest absolute Gasteiger partial charge is 0.185 e. The SMILES string of the molecule is CCc1ccc(-c2csc(N3CCC(S(=O)(=O)C4C=CC=CC4(C)Cl)CC3)n2)cc1. The first-order chi connectivity index (χ1) is 14.3. The number of allylic oxidation sites excluding steroid dienone is 3. The Hall–Kier alpha value is -1.63. The summed E-state index contributed by atoms with van der Waals surface area (Å²) in [5.74, 6) is 0. The van der Waals surface area contributed by atoms with E-state index in [2.05, 4.69) is 41.5 Å². The second kappa shape index (κ2) is 8.48. The van der Waals surface area contributed by atoms with Gasteiger partial charge in [-0.15, -0.1) is 22.9 Å². The van der Waals surface area contributed by atoms with Crippen molar-refractivity contribution in [3.63, 3.8) is 0 Å². The number of aryl methyl sites for hydroxylation is 1. The second-order valence-electron chi connectivity index (χ2n) is 8.16. The van der Waals surface area contributed by atoms with Gasteiger partial charge in [0.25, 0.3) is 0 Å². The van der Waals surface area contributed by atoms with Crippen LogP contribution in [-0.2, 0) is 16.3 Å². The monoisotopic (exact) mass is 462 g/mol. The molecule has 2 atom stereocenters. The number of benzene rings is 1. The minimum atomic E-state index is -3.36. The molecule has 0 saturated carbocycles. The van der Waals surface area contributed by atoms with Crippen LogP contribution in [0.1, 0.15) is 32.3 Å². The lowest BCUT2D eigenvalue weighted by atomic mass is 10.0. The van der Waals surface area contributed by atoms with Crippen molar-refractivity contribution in [3.8, 4) is 11.3 Å². The molecule has 0 spiro atoms. The molecule has 4 rings (SSSR count). The fourth-order valence-electron chi connectivity index (χ4n) is 4.16. The zero-order valence-electron chi connectivity index (χ0n) is 17.3. The molecule has 2 heterocycles. The summed E-state index contributed by atoms with van der Waals surface area (Å²) in [6.07, 6.45) is 9.33. The van der Waals surface area contributed by atoms with Gasteiger partial charge in [0.15, 0.2) is 15.0 Å². The van der Waals surface area contributed by atoms with E-state index in [1.54, 1.807) is 36.5 Å². The molecular weight excluding hydrogens is 436 g/mol. The van der Waals surface area contributed by atoms with Gasteiger partial charge in [-0.1, -0.05) is 55.5 Å².